The van der Waals surface area contributed by atoms with Crippen LogP contribution in [0.15, 0.2) is 16.5 Å². The van der Waals surface area contributed by atoms with Gasteiger partial charge in [-0.15, -0.1) is 0 Å². The molecule has 1 saturated carbocycles. The molecule has 1 heterocycles. The minimum absolute atomic E-state index is 0.554. The van der Waals surface area contributed by atoms with Crippen LogP contribution in [0.3, 0.4) is 0 Å². The Balaban J connectivity index is 1.67. The van der Waals surface area contributed by atoms with Crippen molar-refractivity contribution in [1.29, 1.82) is 0 Å². The second kappa shape index (κ2) is 5.51. The maximum absolute atomic E-state index is 5.59. The summed E-state index contributed by atoms with van der Waals surface area (Å²) in [6.45, 7) is 4.79. The Labute approximate surface area is 97.2 Å². The van der Waals surface area contributed by atoms with Crippen molar-refractivity contribution in [2.75, 3.05) is 13.7 Å². The van der Waals surface area contributed by atoms with Gasteiger partial charge in [0.2, 0.25) is 0 Å². The lowest BCUT2D eigenvalue weighted by atomic mass is 10.1. The molecule has 1 unspecified atom stereocenters. The van der Waals surface area contributed by atoms with Gasteiger partial charge in [-0.05, 0) is 43.4 Å². The summed E-state index contributed by atoms with van der Waals surface area (Å²) >= 11 is 0. The minimum Gasteiger partial charge on any atom is -0.462 e. The van der Waals surface area contributed by atoms with Crippen molar-refractivity contribution in [3.8, 4) is 0 Å². The maximum atomic E-state index is 5.59. The lowest BCUT2D eigenvalue weighted by molar-refractivity contribution is 0.162. The van der Waals surface area contributed by atoms with E-state index < -0.39 is 0 Å². The fraction of sp³-hybridized carbons (Fsp3) is 0.692. The molecule has 1 aromatic heterocycles. The number of hydrogen-bond acceptors (Lipinski definition) is 3. The zero-order valence-electron chi connectivity index (χ0n) is 10.2. The van der Waals surface area contributed by atoms with Crippen LogP contribution in [0.1, 0.15) is 31.3 Å². The number of hydrogen-bond donors (Lipinski definition) is 1. The number of nitrogens with one attached hydrogen (secondary N) is 1. The van der Waals surface area contributed by atoms with Gasteiger partial charge in [-0.3, -0.25) is 0 Å². The van der Waals surface area contributed by atoms with Crippen molar-refractivity contribution in [3.05, 3.63) is 23.7 Å². The molecule has 0 aliphatic heterocycles. The van der Waals surface area contributed by atoms with Crippen LogP contribution in [0.2, 0.25) is 0 Å². The molecule has 1 aliphatic rings. The normalized spacial score (nSPS) is 17.6. The molecular formula is C13H21NO2. The zero-order chi connectivity index (χ0) is 11.4. The summed E-state index contributed by atoms with van der Waals surface area (Å²) in [4.78, 5) is 0. The summed E-state index contributed by atoms with van der Waals surface area (Å²) in [7, 11) is 1.68. The number of methoxy groups -OCH3 is 1. The third kappa shape index (κ3) is 3.35. The van der Waals surface area contributed by atoms with E-state index in [9.17, 15) is 0 Å². The first-order chi connectivity index (χ1) is 7.79. The first-order valence-electron chi connectivity index (χ1n) is 6.07. The summed E-state index contributed by atoms with van der Waals surface area (Å²) < 4.78 is 10.6. The molecule has 0 amide bonds. The largest absolute Gasteiger partial charge is 0.462 e. The summed E-state index contributed by atoms with van der Waals surface area (Å²) in [6, 6.07) is 3.99. The van der Waals surface area contributed by atoms with E-state index in [4.69, 9.17) is 9.15 Å². The zero-order valence-corrected chi connectivity index (χ0v) is 10.2. The Kier molecular flexibility index (Phi) is 4.02. The van der Waals surface area contributed by atoms with Crippen molar-refractivity contribution < 1.29 is 9.15 Å². The second-order valence-corrected chi connectivity index (χ2v) is 4.75. The van der Waals surface area contributed by atoms with E-state index in [1.54, 1.807) is 7.11 Å². The highest BCUT2D eigenvalue weighted by molar-refractivity contribution is 5.06. The molecule has 1 aliphatic carbocycles. The highest BCUT2D eigenvalue weighted by Gasteiger charge is 2.27. The van der Waals surface area contributed by atoms with Gasteiger partial charge in [0, 0.05) is 7.11 Å². The number of rotatable bonds is 7. The van der Waals surface area contributed by atoms with Crippen LogP contribution < -0.4 is 5.32 Å². The Morgan fingerprint density at radius 1 is 1.44 bits per heavy atom. The monoisotopic (exact) mass is 223 g/mol. The van der Waals surface area contributed by atoms with Gasteiger partial charge in [-0.2, -0.15) is 0 Å². The Hall–Kier alpha value is -0.800. The van der Waals surface area contributed by atoms with Gasteiger partial charge in [-0.25, -0.2) is 0 Å². The summed E-state index contributed by atoms with van der Waals surface area (Å²) in [5.74, 6) is 3.66. The van der Waals surface area contributed by atoms with Crippen LogP contribution >= 0.6 is 0 Å². The maximum Gasteiger partial charge on any atom is 0.129 e. The van der Waals surface area contributed by atoms with Gasteiger partial charge in [-0.1, -0.05) is 6.92 Å². The number of furan rings is 1. The Morgan fingerprint density at radius 3 is 2.88 bits per heavy atom. The minimum atomic E-state index is 0.554. The average molecular weight is 223 g/mol. The third-order valence-corrected chi connectivity index (χ3v) is 3.20. The first kappa shape index (κ1) is 11.7. The third-order valence-electron chi connectivity index (χ3n) is 3.20. The molecule has 1 atom stereocenters. The molecule has 0 saturated heterocycles. The molecule has 0 aromatic carbocycles. The Morgan fingerprint density at radius 2 is 2.19 bits per heavy atom. The van der Waals surface area contributed by atoms with Crippen molar-refractivity contribution in [1.82, 2.24) is 5.32 Å². The van der Waals surface area contributed by atoms with Gasteiger partial charge < -0.3 is 14.5 Å². The quantitative estimate of drug-likeness (QED) is 0.771. The molecule has 90 valence electrons. The molecule has 0 radical (unpaired) electrons. The molecule has 0 spiro atoms. The molecule has 16 heavy (non-hydrogen) atoms. The molecule has 1 fully saturated rings. The van der Waals surface area contributed by atoms with Gasteiger partial charge in [0.1, 0.15) is 18.1 Å². The molecule has 1 aromatic rings. The van der Waals surface area contributed by atoms with Crippen LogP contribution in [0.25, 0.3) is 0 Å². The van der Waals surface area contributed by atoms with Gasteiger partial charge >= 0.3 is 0 Å². The van der Waals surface area contributed by atoms with Crippen molar-refractivity contribution in [2.45, 2.75) is 32.9 Å². The first-order valence-corrected chi connectivity index (χ1v) is 6.07. The predicted octanol–water partition coefficient (Wildman–Crippen LogP) is 2.56. The molecular weight excluding hydrogens is 202 g/mol. The van der Waals surface area contributed by atoms with E-state index >= 15 is 0 Å². The average Bonchev–Trinajstić information content (AvgIpc) is 3.02. The van der Waals surface area contributed by atoms with E-state index in [1.807, 2.05) is 12.1 Å². The van der Waals surface area contributed by atoms with Crippen molar-refractivity contribution in [2.24, 2.45) is 11.8 Å². The smallest absolute Gasteiger partial charge is 0.129 e. The van der Waals surface area contributed by atoms with Crippen LogP contribution in [0.5, 0.6) is 0 Å². The summed E-state index contributed by atoms with van der Waals surface area (Å²) in [5.41, 5.74) is 0. The summed E-state index contributed by atoms with van der Waals surface area (Å²) in [6.07, 6.45) is 2.84. The highest BCUT2D eigenvalue weighted by Crippen LogP contribution is 2.36. The molecule has 1 N–H and O–H groups in total. The molecule has 3 nitrogen and oxygen atoms in total. The van der Waals surface area contributed by atoms with Crippen LogP contribution in [0, 0.1) is 11.8 Å². The lowest BCUT2D eigenvalue weighted by Gasteiger charge is -2.09. The van der Waals surface area contributed by atoms with Gasteiger partial charge in [0.15, 0.2) is 0 Å². The number of ether oxygens (including phenoxy) is 1. The highest BCUT2D eigenvalue weighted by atomic mass is 16.5. The van der Waals surface area contributed by atoms with Crippen molar-refractivity contribution in [3.63, 3.8) is 0 Å². The van der Waals surface area contributed by atoms with Crippen LogP contribution in [-0.2, 0) is 17.9 Å². The van der Waals surface area contributed by atoms with Gasteiger partial charge in [0.25, 0.3) is 0 Å². The van der Waals surface area contributed by atoms with E-state index in [0.717, 1.165) is 36.4 Å². The second-order valence-electron chi connectivity index (χ2n) is 4.75. The van der Waals surface area contributed by atoms with Crippen molar-refractivity contribution >= 4 is 0 Å². The summed E-state index contributed by atoms with van der Waals surface area (Å²) in [5, 5.41) is 3.44. The van der Waals surface area contributed by atoms with Crippen LogP contribution in [-0.4, -0.2) is 13.7 Å². The van der Waals surface area contributed by atoms with E-state index in [0.29, 0.717) is 6.61 Å². The molecule has 2 rings (SSSR count). The molecule has 3 heteroatoms. The topological polar surface area (TPSA) is 34.4 Å². The van der Waals surface area contributed by atoms with E-state index in [-0.39, 0.29) is 0 Å². The SMILES string of the molecule is COCc1ccc(CNCC(C)C2CC2)o1. The fourth-order valence-corrected chi connectivity index (χ4v) is 1.99. The Bertz CT molecular complexity index is 317. The van der Waals surface area contributed by atoms with E-state index in [1.165, 1.54) is 12.8 Å². The molecule has 0 bridgehead atoms. The fourth-order valence-electron chi connectivity index (χ4n) is 1.99. The lowest BCUT2D eigenvalue weighted by Crippen LogP contribution is -2.21. The standard InChI is InChI=1S/C13H21NO2/c1-10(11-3-4-11)7-14-8-12-5-6-13(16-12)9-15-2/h5-6,10-11,14H,3-4,7-9H2,1-2H3. The van der Waals surface area contributed by atoms with Gasteiger partial charge in [0.05, 0.1) is 6.54 Å². The predicted molar refractivity (Wildman–Crippen MR) is 63.0 cm³/mol. The van der Waals surface area contributed by atoms with Crippen LogP contribution in [0.4, 0.5) is 0 Å². The van der Waals surface area contributed by atoms with E-state index in [2.05, 4.69) is 12.2 Å².